The quantitative estimate of drug-likeness (QED) is 0.769. The molecule has 0 saturated carbocycles. The minimum absolute atomic E-state index is 0.0636. The van der Waals surface area contributed by atoms with Gasteiger partial charge in [0.1, 0.15) is 5.52 Å². The minimum atomic E-state index is -0.664. The van der Waals surface area contributed by atoms with Crippen LogP contribution in [-0.4, -0.2) is 21.3 Å². The van der Waals surface area contributed by atoms with Crippen LogP contribution < -0.4 is 5.32 Å². The molecule has 1 heterocycles. The molecule has 23 heavy (non-hydrogen) atoms. The van der Waals surface area contributed by atoms with Crippen molar-refractivity contribution in [2.45, 2.75) is 60.9 Å². The Bertz CT molecular complexity index is 648. The first-order valence-electron chi connectivity index (χ1n) is 8.03. The molecule has 1 aromatic carbocycles. The average Bonchev–Trinajstić information content (AvgIpc) is 2.50. The van der Waals surface area contributed by atoms with Crippen molar-refractivity contribution in [3.63, 3.8) is 0 Å². The van der Waals surface area contributed by atoms with Crippen molar-refractivity contribution in [1.82, 2.24) is 9.97 Å². The second kappa shape index (κ2) is 9.18. The van der Waals surface area contributed by atoms with Crippen LogP contribution in [0.5, 0.6) is 0 Å². The van der Waals surface area contributed by atoms with E-state index in [9.17, 15) is 9.18 Å². The molecule has 0 amide bonds. The normalized spacial score (nSPS) is 10.1. The number of benzene rings is 1. The van der Waals surface area contributed by atoms with Crippen molar-refractivity contribution in [2.24, 2.45) is 0 Å². The first kappa shape index (κ1) is 21.0. The standard InChI is InChI=1S/C14H16FN3O.2C2H6/c1-8(19)9-6-5-7-10-11(9)17-13(12(15)16-10)18-14(2,3)4;2*1-2/h5-7H,1-4H3,(H,17,18);2*1-2H3. The first-order chi connectivity index (χ1) is 10.8. The summed E-state index contributed by atoms with van der Waals surface area (Å²) in [5, 5.41) is 2.95. The highest BCUT2D eigenvalue weighted by atomic mass is 19.1. The number of anilines is 1. The number of nitrogens with zero attached hydrogens (tertiary/aromatic N) is 2. The number of fused-ring (bicyclic) bond motifs is 1. The molecule has 0 spiro atoms. The molecule has 128 valence electrons. The molecule has 0 bridgehead atoms. The van der Waals surface area contributed by atoms with Crippen molar-refractivity contribution in [3.8, 4) is 0 Å². The van der Waals surface area contributed by atoms with Crippen LogP contribution in [-0.2, 0) is 0 Å². The van der Waals surface area contributed by atoms with Gasteiger partial charge < -0.3 is 5.32 Å². The smallest absolute Gasteiger partial charge is 0.256 e. The van der Waals surface area contributed by atoms with Gasteiger partial charge in [-0.25, -0.2) is 9.97 Å². The van der Waals surface area contributed by atoms with Crippen LogP contribution >= 0.6 is 0 Å². The van der Waals surface area contributed by atoms with Crippen LogP contribution in [0.4, 0.5) is 10.2 Å². The van der Waals surface area contributed by atoms with Crippen LogP contribution in [0.3, 0.4) is 0 Å². The van der Waals surface area contributed by atoms with E-state index in [0.717, 1.165) is 0 Å². The van der Waals surface area contributed by atoms with E-state index in [1.165, 1.54) is 6.92 Å². The lowest BCUT2D eigenvalue weighted by atomic mass is 10.1. The summed E-state index contributed by atoms with van der Waals surface area (Å²) in [5.74, 6) is -0.718. The minimum Gasteiger partial charge on any atom is -0.362 e. The number of carbonyl (C=O) groups is 1. The molecule has 0 fully saturated rings. The summed E-state index contributed by atoms with van der Waals surface area (Å²) >= 11 is 0. The molecule has 0 aliphatic carbocycles. The number of hydrogen-bond donors (Lipinski definition) is 1. The van der Waals surface area contributed by atoms with Gasteiger partial charge >= 0.3 is 0 Å². The molecule has 0 atom stereocenters. The Morgan fingerprint density at radius 2 is 1.65 bits per heavy atom. The third-order valence-corrected chi connectivity index (χ3v) is 2.53. The summed E-state index contributed by atoms with van der Waals surface area (Å²) in [4.78, 5) is 19.6. The van der Waals surface area contributed by atoms with Crippen molar-refractivity contribution >= 4 is 22.6 Å². The van der Waals surface area contributed by atoms with Gasteiger partial charge in [-0.15, -0.1) is 0 Å². The summed E-state index contributed by atoms with van der Waals surface area (Å²) in [6.45, 7) is 15.1. The fourth-order valence-corrected chi connectivity index (χ4v) is 1.77. The summed E-state index contributed by atoms with van der Waals surface area (Å²) in [6, 6.07) is 4.97. The number of carbonyl (C=O) groups excluding carboxylic acids is 1. The van der Waals surface area contributed by atoms with Gasteiger partial charge in [0, 0.05) is 11.1 Å². The van der Waals surface area contributed by atoms with Gasteiger partial charge in [0.25, 0.3) is 5.95 Å². The zero-order valence-corrected chi connectivity index (χ0v) is 15.4. The highest BCUT2D eigenvalue weighted by Gasteiger charge is 2.17. The van der Waals surface area contributed by atoms with E-state index >= 15 is 0 Å². The molecule has 0 saturated heterocycles. The zero-order chi connectivity index (χ0) is 18.2. The molecule has 1 aromatic heterocycles. The lowest BCUT2D eigenvalue weighted by Gasteiger charge is -2.21. The molecule has 0 aliphatic heterocycles. The fourth-order valence-electron chi connectivity index (χ4n) is 1.77. The third-order valence-electron chi connectivity index (χ3n) is 2.53. The van der Waals surface area contributed by atoms with Gasteiger partial charge in [0.05, 0.1) is 5.52 Å². The average molecular weight is 321 g/mol. The molecule has 0 unspecified atom stereocenters. The van der Waals surface area contributed by atoms with Gasteiger partial charge in [-0.2, -0.15) is 4.39 Å². The number of Topliss-reactive ketones (excluding diaryl/α,β-unsaturated/α-hetero) is 1. The van der Waals surface area contributed by atoms with Crippen molar-refractivity contribution in [3.05, 3.63) is 29.7 Å². The Labute approximate surface area is 138 Å². The highest BCUT2D eigenvalue weighted by molar-refractivity contribution is 6.04. The van der Waals surface area contributed by atoms with Crippen molar-refractivity contribution in [2.75, 3.05) is 5.32 Å². The molecule has 1 N–H and O–H groups in total. The predicted octanol–water partition coefficient (Wildman–Crippen LogP) is 5.23. The Morgan fingerprint density at radius 1 is 1.09 bits per heavy atom. The second-order valence-electron chi connectivity index (χ2n) is 5.47. The lowest BCUT2D eigenvalue weighted by Crippen LogP contribution is -2.27. The largest absolute Gasteiger partial charge is 0.362 e. The molecule has 2 aromatic rings. The van der Waals surface area contributed by atoms with Crippen LogP contribution in [0.2, 0.25) is 0 Å². The third kappa shape index (κ3) is 5.93. The maximum absolute atomic E-state index is 13.9. The number of nitrogens with one attached hydrogen (secondary N) is 1. The van der Waals surface area contributed by atoms with Gasteiger partial charge in [-0.1, -0.05) is 33.8 Å². The molecule has 2 rings (SSSR count). The Kier molecular flexibility index (Phi) is 8.36. The molecular formula is C18H28FN3O. The maximum atomic E-state index is 13.9. The van der Waals surface area contributed by atoms with Crippen LogP contribution in [0.25, 0.3) is 11.0 Å². The topological polar surface area (TPSA) is 54.9 Å². The second-order valence-corrected chi connectivity index (χ2v) is 5.47. The SMILES string of the molecule is CC.CC.CC(=O)c1cccc2nc(F)c(NC(C)(C)C)nc12. The zero-order valence-electron chi connectivity index (χ0n) is 15.4. The number of hydrogen-bond acceptors (Lipinski definition) is 4. The van der Waals surface area contributed by atoms with Gasteiger partial charge in [-0.05, 0) is 39.8 Å². The van der Waals surface area contributed by atoms with E-state index in [1.807, 2.05) is 48.5 Å². The van der Waals surface area contributed by atoms with E-state index in [4.69, 9.17) is 0 Å². The van der Waals surface area contributed by atoms with Gasteiger partial charge in [0.15, 0.2) is 11.6 Å². The highest BCUT2D eigenvalue weighted by Crippen LogP contribution is 2.21. The van der Waals surface area contributed by atoms with E-state index in [0.29, 0.717) is 16.6 Å². The van der Waals surface area contributed by atoms with Gasteiger partial charge in [0.2, 0.25) is 0 Å². The molecule has 5 heteroatoms. The Balaban J connectivity index is 0.00000112. The van der Waals surface area contributed by atoms with Crippen LogP contribution in [0.1, 0.15) is 65.7 Å². The summed E-state index contributed by atoms with van der Waals surface area (Å²) in [5.41, 5.74) is 0.906. The van der Waals surface area contributed by atoms with E-state index < -0.39 is 5.95 Å². The van der Waals surface area contributed by atoms with Crippen molar-refractivity contribution < 1.29 is 9.18 Å². The Hall–Kier alpha value is -2.04. The number of aromatic nitrogens is 2. The molecule has 4 nitrogen and oxygen atoms in total. The number of para-hydroxylation sites is 1. The number of rotatable bonds is 2. The molecular weight excluding hydrogens is 293 g/mol. The van der Waals surface area contributed by atoms with Crippen LogP contribution in [0, 0.1) is 5.95 Å². The monoisotopic (exact) mass is 321 g/mol. The lowest BCUT2D eigenvalue weighted by molar-refractivity contribution is 0.101. The van der Waals surface area contributed by atoms with E-state index in [1.54, 1.807) is 18.2 Å². The fraction of sp³-hybridized carbons (Fsp3) is 0.500. The van der Waals surface area contributed by atoms with E-state index in [2.05, 4.69) is 15.3 Å². The molecule has 0 radical (unpaired) electrons. The maximum Gasteiger partial charge on any atom is 0.256 e. The molecule has 0 aliphatic rings. The summed E-state index contributed by atoms with van der Waals surface area (Å²) in [6.07, 6.45) is 0. The Morgan fingerprint density at radius 3 is 2.13 bits per heavy atom. The van der Waals surface area contributed by atoms with Crippen molar-refractivity contribution in [1.29, 1.82) is 0 Å². The van der Waals surface area contributed by atoms with Crippen LogP contribution in [0.15, 0.2) is 18.2 Å². The summed E-state index contributed by atoms with van der Waals surface area (Å²) < 4.78 is 13.9. The number of halogens is 1. The number of ketones is 1. The van der Waals surface area contributed by atoms with E-state index in [-0.39, 0.29) is 17.1 Å². The van der Waals surface area contributed by atoms with Gasteiger partial charge in [-0.3, -0.25) is 4.79 Å². The predicted molar refractivity (Wildman–Crippen MR) is 95.6 cm³/mol. The summed E-state index contributed by atoms with van der Waals surface area (Å²) in [7, 11) is 0. The first-order valence-corrected chi connectivity index (χ1v) is 8.03.